The minimum Gasteiger partial charge on any atom is -0.477 e. The van der Waals surface area contributed by atoms with Crippen molar-refractivity contribution in [3.8, 4) is 11.3 Å². The molecule has 2 heterocycles. The van der Waals surface area contributed by atoms with E-state index in [4.69, 9.17) is 5.11 Å². The molecule has 0 saturated heterocycles. The minimum absolute atomic E-state index is 0.135. The van der Waals surface area contributed by atoms with Crippen LogP contribution >= 0.6 is 0 Å². The van der Waals surface area contributed by atoms with Gasteiger partial charge in [0, 0.05) is 24.5 Å². The topological polar surface area (TPSA) is 59.5 Å². The molecule has 3 aromatic rings. The predicted molar refractivity (Wildman–Crippen MR) is 71.3 cm³/mol. The number of hydrogen-bond donors (Lipinski definition) is 1. The Labute approximate surface area is 113 Å². The lowest BCUT2D eigenvalue weighted by atomic mass is 10.1. The number of aryl methyl sites for hydroxylation is 2. The van der Waals surface area contributed by atoms with E-state index in [-0.39, 0.29) is 11.5 Å². The van der Waals surface area contributed by atoms with Gasteiger partial charge in [-0.05, 0) is 19.1 Å². The zero-order valence-electron chi connectivity index (χ0n) is 11.0. The fraction of sp³-hybridized carbons (Fsp3) is 0.143. The van der Waals surface area contributed by atoms with E-state index < -0.39 is 5.97 Å². The Morgan fingerprint density at radius 3 is 2.65 bits per heavy atom. The molecule has 0 aliphatic rings. The number of imidazole rings is 2. The Hall–Kier alpha value is -2.63. The van der Waals surface area contributed by atoms with Gasteiger partial charge in [-0.15, -0.1) is 0 Å². The number of nitrogens with zero attached hydrogens (tertiary/aromatic N) is 3. The van der Waals surface area contributed by atoms with E-state index in [1.165, 1.54) is 16.8 Å². The Bertz CT molecular complexity index is 832. The highest BCUT2D eigenvalue weighted by molar-refractivity contribution is 5.86. The molecule has 1 aromatic carbocycles. The van der Waals surface area contributed by atoms with Gasteiger partial charge in [-0.2, -0.15) is 0 Å². The average molecular weight is 273 g/mol. The third-order valence-corrected chi connectivity index (χ3v) is 3.39. The smallest absolute Gasteiger partial charge is 0.354 e. The number of hydrogen-bond acceptors (Lipinski definition) is 2. The fourth-order valence-corrected chi connectivity index (χ4v) is 2.31. The lowest BCUT2D eigenvalue weighted by molar-refractivity contribution is 0.0686. The summed E-state index contributed by atoms with van der Waals surface area (Å²) in [5.41, 5.74) is 1.76. The van der Waals surface area contributed by atoms with Crippen molar-refractivity contribution in [1.29, 1.82) is 0 Å². The average Bonchev–Trinajstić information content (AvgIpc) is 2.89. The van der Waals surface area contributed by atoms with E-state index in [0.717, 1.165) is 0 Å². The third-order valence-electron chi connectivity index (χ3n) is 3.39. The molecular weight excluding hydrogens is 261 g/mol. The van der Waals surface area contributed by atoms with Gasteiger partial charge in [0.2, 0.25) is 5.78 Å². The molecular formula is C14H12FN3O2. The van der Waals surface area contributed by atoms with Gasteiger partial charge in [-0.25, -0.2) is 14.2 Å². The highest BCUT2D eigenvalue weighted by Crippen LogP contribution is 2.27. The van der Waals surface area contributed by atoms with E-state index >= 15 is 0 Å². The highest BCUT2D eigenvalue weighted by Gasteiger charge is 2.19. The minimum atomic E-state index is -1.02. The van der Waals surface area contributed by atoms with Gasteiger partial charge in [-0.1, -0.05) is 12.1 Å². The summed E-state index contributed by atoms with van der Waals surface area (Å²) in [6.07, 6.45) is 1.49. The molecule has 0 fully saturated rings. The summed E-state index contributed by atoms with van der Waals surface area (Å²) < 4.78 is 17.0. The molecule has 5 nitrogen and oxygen atoms in total. The maximum Gasteiger partial charge on any atom is 0.354 e. The molecule has 102 valence electrons. The van der Waals surface area contributed by atoms with Crippen LogP contribution in [-0.2, 0) is 7.05 Å². The molecule has 0 aliphatic heterocycles. The molecule has 0 saturated carbocycles. The quantitative estimate of drug-likeness (QED) is 0.780. The van der Waals surface area contributed by atoms with Crippen LogP contribution in [0.1, 0.15) is 16.2 Å². The first-order valence-corrected chi connectivity index (χ1v) is 6.03. The van der Waals surface area contributed by atoms with Gasteiger partial charge in [-0.3, -0.25) is 4.40 Å². The Kier molecular flexibility index (Phi) is 2.60. The van der Waals surface area contributed by atoms with E-state index in [0.29, 0.717) is 22.7 Å². The van der Waals surface area contributed by atoms with Gasteiger partial charge in [0.25, 0.3) is 0 Å². The van der Waals surface area contributed by atoms with Crippen molar-refractivity contribution in [2.45, 2.75) is 6.92 Å². The van der Waals surface area contributed by atoms with Gasteiger partial charge in [0.05, 0.1) is 5.69 Å². The molecule has 0 unspecified atom stereocenters. The molecule has 6 heteroatoms. The first kappa shape index (κ1) is 12.4. The van der Waals surface area contributed by atoms with Crippen LogP contribution in [0.15, 0.2) is 30.5 Å². The first-order valence-electron chi connectivity index (χ1n) is 6.03. The van der Waals surface area contributed by atoms with Crippen LogP contribution in [0.2, 0.25) is 0 Å². The number of rotatable bonds is 2. The van der Waals surface area contributed by atoms with E-state index in [9.17, 15) is 9.18 Å². The SMILES string of the molecule is Cc1c(-c2ccccc2F)nc2n(C)c(C(=O)O)cn12. The van der Waals surface area contributed by atoms with E-state index in [1.807, 2.05) is 0 Å². The van der Waals surface area contributed by atoms with Crippen LogP contribution < -0.4 is 0 Å². The molecule has 0 amide bonds. The van der Waals surface area contributed by atoms with Gasteiger partial charge in [0.1, 0.15) is 11.5 Å². The molecule has 2 aromatic heterocycles. The van der Waals surface area contributed by atoms with Crippen molar-refractivity contribution in [2.24, 2.45) is 7.05 Å². The molecule has 0 bridgehead atoms. The van der Waals surface area contributed by atoms with Crippen molar-refractivity contribution in [2.75, 3.05) is 0 Å². The lowest BCUT2D eigenvalue weighted by Crippen LogP contribution is -2.04. The van der Waals surface area contributed by atoms with Gasteiger partial charge < -0.3 is 9.67 Å². The third kappa shape index (κ3) is 1.61. The predicted octanol–water partition coefficient (Wildman–Crippen LogP) is 2.49. The van der Waals surface area contributed by atoms with Crippen LogP contribution in [0.5, 0.6) is 0 Å². The van der Waals surface area contributed by atoms with Crippen LogP contribution in [0, 0.1) is 12.7 Å². The summed E-state index contributed by atoms with van der Waals surface area (Å²) in [4.78, 5) is 15.5. The second-order valence-electron chi connectivity index (χ2n) is 4.57. The fourth-order valence-electron chi connectivity index (χ4n) is 2.31. The van der Waals surface area contributed by atoms with Crippen LogP contribution in [0.3, 0.4) is 0 Å². The Morgan fingerprint density at radius 2 is 2.05 bits per heavy atom. The van der Waals surface area contributed by atoms with Gasteiger partial charge in [0.15, 0.2) is 0 Å². The van der Waals surface area contributed by atoms with Crippen LogP contribution in [-0.4, -0.2) is 25.0 Å². The summed E-state index contributed by atoms with van der Waals surface area (Å²) in [5.74, 6) is -0.902. The largest absolute Gasteiger partial charge is 0.477 e. The summed E-state index contributed by atoms with van der Waals surface area (Å²) in [5, 5.41) is 9.08. The summed E-state index contributed by atoms with van der Waals surface area (Å²) in [6, 6.07) is 6.39. The van der Waals surface area contributed by atoms with Crippen molar-refractivity contribution in [3.63, 3.8) is 0 Å². The van der Waals surface area contributed by atoms with E-state index in [2.05, 4.69) is 4.98 Å². The highest BCUT2D eigenvalue weighted by atomic mass is 19.1. The molecule has 1 N–H and O–H groups in total. The summed E-state index contributed by atoms with van der Waals surface area (Å²) in [6.45, 7) is 1.79. The number of carboxylic acids is 1. The lowest BCUT2D eigenvalue weighted by Gasteiger charge is -2.01. The zero-order chi connectivity index (χ0) is 14.4. The number of halogens is 1. The molecule has 3 rings (SSSR count). The number of carboxylic acid groups (broad SMARTS) is 1. The van der Waals surface area contributed by atoms with Crippen molar-refractivity contribution >= 4 is 11.7 Å². The van der Waals surface area contributed by atoms with Crippen LogP contribution in [0.25, 0.3) is 17.0 Å². The standard InChI is InChI=1S/C14H12FN3O2/c1-8-12(9-5-3-4-6-10(9)15)16-14-17(2)11(13(19)20)7-18(8)14/h3-7H,1-2H3,(H,19,20). The molecule has 20 heavy (non-hydrogen) atoms. The number of fused-ring (bicyclic) bond motifs is 1. The number of benzene rings is 1. The summed E-state index contributed by atoms with van der Waals surface area (Å²) in [7, 11) is 1.62. The molecule has 0 radical (unpaired) electrons. The summed E-state index contributed by atoms with van der Waals surface area (Å²) >= 11 is 0. The molecule has 0 aliphatic carbocycles. The maximum atomic E-state index is 13.8. The van der Waals surface area contributed by atoms with Gasteiger partial charge >= 0.3 is 5.97 Å². The monoisotopic (exact) mass is 273 g/mol. The normalized spacial score (nSPS) is 11.2. The Morgan fingerprint density at radius 1 is 1.35 bits per heavy atom. The van der Waals surface area contributed by atoms with Crippen molar-refractivity contribution in [1.82, 2.24) is 14.0 Å². The van der Waals surface area contributed by atoms with Crippen molar-refractivity contribution < 1.29 is 14.3 Å². The second kappa shape index (κ2) is 4.19. The van der Waals surface area contributed by atoms with E-state index in [1.54, 1.807) is 36.6 Å². The second-order valence-corrected chi connectivity index (χ2v) is 4.57. The molecule has 0 spiro atoms. The number of aromatic nitrogens is 3. The zero-order valence-corrected chi connectivity index (χ0v) is 11.0. The number of carbonyl (C=O) groups is 1. The maximum absolute atomic E-state index is 13.8. The Balaban J connectivity index is 2.28. The van der Waals surface area contributed by atoms with Crippen molar-refractivity contribution in [3.05, 3.63) is 47.7 Å². The first-order chi connectivity index (χ1) is 9.50. The number of aromatic carboxylic acids is 1. The molecule has 0 atom stereocenters. The van der Waals surface area contributed by atoms with Crippen LogP contribution in [0.4, 0.5) is 4.39 Å².